The van der Waals surface area contributed by atoms with Crippen molar-refractivity contribution in [2.24, 2.45) is 16.6 Å². The molecule has 1 aromatic carbocycles. The Bertz CT molecular complexity index is 548. The van der Waals surface area contributed by atoms with Gasteiger partial charge >= 0.3 is 0 Å². The second kappa shape index (κ2) is 7.28. The van der Waals surface area contributed by atoms with E-state index in [9.17, 15) is 8.42 Å². The third kappa shape index (κ3) is 6.06. The van der Waals surface area contributed by atoms with Gasteiger partial charge in [-0.25, -0.2) is 8.42 Å². The molecule has 112 valence electrons. The molecule has 0 radical (unpaired) electrons. The van der Waals surface area contributed by atoms with E-state index in [4.69, 9.17) is 5.73 Å². The summed E-state index contributed by atoms with van der Waals surface area (Å²) in [5.74, 6) is 0.936. The maximum atomic E-state index is 11.3. The lowest BCUT2D eigenvalue weighted by Crippen LogP contribution is -2.33. The highest BCUT2D eigenvalue weighted by Crippen LogP contribution is 2.10. The van der Waals surface area contributed by atoms with Crippen LogP contribution in [0.1, 0.15) is 19.4 Å². The van der Waals surface area contributed by atoms with Gasteiger partial charge in [0.15, 0.2) is 15.8 Å². The number of rotatable bonds is 6. The summed E-state index contributed by atoms with van der Waals surface area (Å²) in [7, 11) is -3.12. The number of hydrogen-bond donors (Lipinski definition) is 2. The summed E-state index contributed by atoms with van der Waals surface area (Å²) in [4.78, 5) is 4.55. The van der Waals surface area contributed by atoms with Gasteiger partial charge in [-0.05, 0) is 30.0 Å². The fourth-order valence-corrected chi connectivity index (χ4v) is 2.21. The van der Waals surface area contributed by atoms with Gasteiger partial charge in [-0.3, -0.25) is 4.99 Å². The van der Waals surface area contributed by atoms with Crippen LogP contribution < -0.4 is 11.1 Å². The zero-order valence-corrected chi connectivity index (χ0v) is 13.1. The molecule has 0 heterocycles. The third-order valence-corrected chi connectivity index (χ3v) is 3.83. The number of nitrogens with one attached hydrogen (secondary N) is 1. The molecule has 0 saturated heterocycles. The second-order valence-corrected chi connectivity index (χ2v) is 7.23. The fraction of sp³-hybridized carbons (Fsp3) is 0.500. The number of sulfone groups is 1. The maximum absolute atomic E-state index is 11.3. The van der Waals surface area contributed by atoms with Gasteiger partial charge in [0.05, 0.1) is 4.90 Å². The van der Waals surface area contributed by atoms with Crippen LogP contribution in [0.4, 0.5) is 0 Å². The molecule has 1 rings (SSSR count). The summed E-state index contributed by atoms with van der Waals surface area (Å²) in [6, 6.07) is 6.89. The summed E-state index contributed by atoms with van der Waals surface area (Å²) in [5, 5.41) is 3.04. The Morgan fingerprint density at radius 1 is 1.30 bits per heavy atom. The number of benzene rings is 1. The molecule has 0 aliphatic carbocycles. The Kier molecular flexibility index (Phi) is 6.01. The van der Waals surface area contributed by atoms with Crippen molar-refractivity contribution in [3.05, 3.63) is 29.8 Å². The minimum absolute atomic E-state index is 0.340. The van der Waals surface area contributed by atoms with E-state index in [0.29, 0.717) is 29.9 Å². The number of nitrogens with zero attached hydrogens (tertiary/aromatic N) is 1. The zero-order valence-electron chi connectivity index (χ0n) is 12.3. The van der Waals surface area contributed by atoms with E-state index >= 15 is 0 Å². The van der Waals surface area contributed by atoms with E-state index in [-0.39, 0.29) is 0 Å². The Hall–Kier alpha value is -1.56. The number of nitrogens with two attached hydrogens (primary N) is 1. The van der Waals surface area contributed by atoms with Crippen molar-refractivity contribution >= 4 is 15.8 Å². The van der Waals surface area contributed by atoms with Gasteiger partial charge < -0.3 is 11.1 Å². The lowest BCUT2D eigenvalue weighted by atomic mass is 10.1. The summed E-state index contributed by atoms with van der Waals surface area (Å²) in [5.41, 5.74) is 6.78. The van der Waals surface area contributed by atoms with Gasteiger partial charge in [0.25, 0.3) is 0 Å². The zero-order chi connectivity index (χ0) is 15.2. The molecular weight excluding hydrogens is 274 g/mol. The van der Waals surface area contributed by atoms with Crippen molar-refractivity contribution in [2.75, 3.05) is 19.3 Å². The van der Waals surface area contributed by atoms with Crippen LogP contribution in [0.25, 0.3) is 0 Å². The van der Waals surface area contributed by atoms with E-state index in [1.807, 2.05) is 12.1 Å². The number of guanidine groups is 1. The average molecular weight is 297 g/mol. The first kappa shape index (κ1) is 16.5. The van der Waals surface area contributed by atoms with E-state index < -0.39 is 9.84 Å². The molecule has 0 unspecified atom stereocenters. The Balaban J connectivity index is 2.45. The number of hydrogen-bond acceptors (Lipinski definition) is 3. The standard InChI is InChI=1S/C14H23N3O2S/c1-11(2)10-17-14(15)16-9-8-12-4-6-13(7-5-12)20(3,18)19/h4-7,11H,8-10H2,1-3H3,(H3,15,16,17). The highest BCUT2D eigenvalue weighted by atomic mass is 32.2. The van der Waals surface area contributed by atoms with Crippen molar-refractivity contribution < 1.29 is 8.42 Å². The fourth-order valence-electron chi connectivity index (χ4n) is 1.58. The van der Waals surface area contributed by atoms with Gasteiger partial charge in [0.2, 0.25) is 0 Å². The maximum Gasteiger partial charge on any atom is 0.188 e. The molecule has 0 bridgehead atoms. The third-order valence-electron chi connectivity index (χ3n) is 2.70. The van der Waals surface area contributed by atoms with Gasteiger partial charge in [-0.2, -0.15) is 0 Å². The summed E-state index contributed by atoms with van der Waals surface area (Å²) in [6.45, 7) is 5.55. The monoisotopic (exact) mass is 297 g/mol. The quantitative estimate of drug-likeness (QED) is 0.610. The Morgan fingerprint density at radius 3 is 2.40 bits per heavy atom. The smallest absolute Gasteiger partial charge is 0.188 e. The highest BCUT2D eigenvalue weighted by Gasteiger charge is 2.05. The topological polar surface area (TPSA) is 84.5 Å². The molecule has 6 heteroatoms. The molecule has 0 fully saturated rings. The van der Waals surface area contributed by atoms with Crippen molar-refractivity contribution in [3.8, 4) is 0 Å². The Morgan fingerprint density at radius 2 is 1.90 bits per heavy atom. The van der Waals surface area contributed by atoms with Crippen molar-refractivity contribution in [1.82, 2.24) is 5.32 Å². The molecule has 3 N–H and O–H groups in total. The van der Waals surface area contributed by atoms with Crippen LogP contribution in [0.5, 0.6) is 0 Å². The van der Waals surface area contributed by atoms with Gasteiger partial charge in [0.1, 0.15) is 0 Å². The van der Waals surface area contributed by atoms with Crippen LogP contribution >= 0.6 is 0 Å². The minimum Gasteiger partial charge on any atom is -0.370 e. The molecule has 20 heavy (non-hydrogen) atoms. The van der Waals surface area contributed by atoms with E-state index in [0.717, 1.165) is 12.0 Å². The van der Waals surface area contributed by atoms with E-state index in [2.05, 4.69) is 24.2 Å². The lowest BCUT2D eigenvalue weighted by Gasteiger charge is -2.07. The van der Waals surface area contributed by atoms with Crippen LogP contribution in [-0.2, 0) is 16.3 Å². The predicted molar refractivity (Wildman–Crippen MR) is 82.6 cm³/mol. The van der Waals surface area contributed by atoms with Crippen molar-refractivity contribution in [1.29, 1.82) is 0 Å². The first-order valence-corrected chi connectivity index (χ1v) is 8.51. The normalized spacial score (nSPS) is 12.7. The molecule has 0 aliphatic heterocycles. The largest absolute Gasteiger partial charge is 0.370 e. The summed E-state index contributed by atoms with van der Waals surface area (Å²) < 4.78 is 22.7. The molecule has 0 spiro atoms. The summed E-state index contributed by atoms with van der Waals surface area (Å²) in [6.07, 6.45) is 1.97. The SMILES string of the molecule is CC(C)CN=C(N)NCCc1ccc(S(C)(=O)=O)cc1. The molecule has 0 saturated carbocycles. The molecule has 0 aromatic heterocycles. The van der Waals surface area contributed by atoms with Crippen molar-refractivity contribution in [2.45, 2.75) is 25.2 Å². The van der Waals surface area contributed by atoms with Gasteiger partial charge in [0, 0.05) is 19.3 Å². The predicted octanol–water partition coefficient (Wildman–Crippen LogP) is 1.19. The molecule has 0 atom stereocenters. The van der Waals surface area contributed by atoms with E-state index in [1.165, 1.54) is 6.26 Å². The van der Waals surface area contributed by atoms with Crippen LogP contribution in [-0.4, -0.2) is 33.7 Å². The second-order valence-electron chi connectivity index (χ2n) is 5.21. The first-order valence-electron chi connectivity index (χ1n) is 6.62. The molecular formula is C14H23N3O2S. The Labute approximate surface area is 121 Å². The molecule has 5 nitrogen and oxygen atoms in total. The average Bonchev–Trinajstić information content (AvgIpc) is 2.36. The summed E-state index contributed by atoms with van der Waals surface area (Å²) >= 11 is 0. The first-order chi connectivity index (χ1) is 9.29. The van der Waals surface area contributed by atoms with Crippen molar-refractivity contribution in [3.63, 3.8) is 0 Å². The van der Waals surface area contributed by atoms with Crippen LogP contribution in [0.15, 0.2) is 34.2 Å². The molecule has 1 aromatic rings. The number of aliphatic imine (C=N–C) groups is 1. The van der Waals surface area contributed by atoms with Gasteiger partial charge in [-0.1, -0.05) is 26.0 Å². The van der Waals surface area contributed by atoms with Crippen LogP contribution in [0.2, 0.25) is 0 Å². The molecule has 0 aliphatic rings. The molecule has 0 amide bonds. The van der Waals surface area contributed by atoms with E-state index in [1.54, 1.807) is 12.1 Å². The minimum atomic E-state index is -3.12. The van der Waals surface area contributed by atoms with Gasteiger partial charge in [-0.15, -0.1) is 0 Å². The van der Waals surface area contributed by atoms with Crippen LogP contribution in [0, 0.1) is 5.92 Å². The lowest BCUT2D eigenvalue weighted by molar-refractivity contribution is 0.602. The highest BCUT2D eigenvalue weighted by molar-refractivity contribution is 7.90. The van der Waals surface area contributed by atoms with Crippen LogP contribution in [0.3, 0.4) is 0 Å².